The fourth-order valence-corrected chi connectivity index (χ4v) is 2.34. The first-order valence-corrected chi connectivity index (χ1v) is 6.03. The van der Waals surface area contributed by atoms with Crippen molar-refractivity contribution in [3.63, 3.8) is 0 Å². The van der Waals surface area contributed by atoms with Gasteiger partial charge in [-0.1, -0.05) is 24.3 Å². The molecule has 1 N–H and O–H groups in total. The molecule has 16 heavy (non-hydrogen) atoms. The molecular weight excluding hydrogens is 194 g/mol. The van der Waals surface area contributed by atoms with Gasteiger partial charge in [0.15, 0.2) is 0 Å². The Bertz CT molecular complexity index is 427. The van der Waals surface area contributed by atoms with Crippen molar-refractivity contribution in [2.75, 3.05) is 7.05 Å². The topological polar surface area (TPSA) is 12.0 Å². The van der Waals surface area contributed by atoms with Gasteiger partial charge >= 0.3 is 0 Å². The number of likely N-dealkylation sites (N-methyl/N-ethyl adjacent to an activating group) is 1. The molecule has 0 atom stereocenters. The van der Waals surface area contributed by atoms with Gasteiger partial charge in [-0.05, 0) is 62.9 Å². The van der Waals surface area contributed by atoms with Gasteiger partial charge in [-0.3, -0.25) is 0 Å². The van der Waals surface area contributed by atoms with E-state index in [1.165, 1.54) is 35.1 Å². The van der Waals surface area contributed by atoms with E-state index in [9.17, 15) is 0 Å². The van der Waals surface area contributed by atoms with Crippen molar-refractivity contribution in [2.24, 2.45) is 0 Å². The molecule has 1 aliphatic carbocycles. The minimum atomic E-state index is 0.111. The van der Waals surface area contributed by atoms with Gasteiger partial charge in [0.2, 0.25) is 0 Å². The van der Waals surface area contributed by atoms with Crippen LogP contribution in [0, 0.1) is 6.92 Å². The maximum atomic E-state index is 3.39. The van der Waals surface area contributed by atoms with E-state index >= 15 is 0 Å². The van der Waals surface area contributed by atoms with E-state index in [0.717, 1.165) is 0 Å². The first kappa shape index (κ1) is 11.4. The van der Waals surface area contributed by atoms with Crippen LogP contribution in [0.25, 0.3) is 6.08 Å². The van der Waals surface area contributed by atoms with Gasteiger partial charge in [0.25, 0.3) is 0 Å². The van der Waals surface area contributed by atoms with Crippen LogP contribution in [0.15, 0.2) is 23.8 Å². The monoisotopic (exact) mass is 215 g/mol. The lowest BCUT2D eigenvalue weighted by Gasteiger charge is -2.31. The Labute approximate surface area is 98.6 Å². The molecule has 1 heteroatoms. The van der Waals surface area contributed by atoms with Crippen molar-refractivity contribution in [2.45, 2.75) is 39.2 Å². The SMILES string of the molecule is CNC(C)(C)C1=Cc2c(C)cccc2CC1. The summed E-state index contributed by atoms with van der Waals surface area (Å²) >= 11 is 0. The Balaban J connectivity index is 2.45. The summed E-state index contributed by atoms with van der Waals surface area (Å²) in [4.78, 5) is 0. The third-order valence-corrected chi connectivity index (χ3v) is 3.82. The average molecular weight is 215 g/mol. The molecular formula is C15H21N. The highest BCUT2D eigenvalue weighted by Gasteiger charge is 2.23. The van der Waals surface area contributed by atoms with E-state index in [1.54, 1.807) is 0 Å². The van der Waals surface area contributed by atoms with Crippen LogP contribution in [0.5, 0.6) is 0 Å². The number of aryl methyl sites for hydroxylation is 2. The molecule has 0 aromatic heterocycles. The van der Waals surface area contributed by atoms with Gasteiger partial charge < -0.3 is 5.32 Å². The molecule has 1 aromatic carbocycles. The van der Waals surface area contributed by atoms with Gasteiger partial charge in [-0.2, -0.15) is 0 Å². The van der Waals surface area contributed by atoms with Gasteiger partial charge in [-0.25, -0.2) is 0 Å². The molecule has 0 saturated heterocycles. The first-order valence-electron chi connectivity index (χ1n) is 6.03. The lowest BCUT2D eigenvalue weighted by atomic mass is 9.81. The standard InChI is InChI=1S/C15H21N/c1-11-6-5-7-12-8-9-13(10-14(11)12)15(2,3)16-4/h5-7,10,16H,8-9H2,1-4H3. The number of benzene rings is 1. The van der Waals surface area contributed by atoms with Crippen molar-refractivity contribution in [1.82, 2.24) is 5.32 Å². The highest BCUT2D eigenvalue weighted by molar-refractivity contribution is 5.64. The maximum Gasteiger partial charge on any atom is 0.0337 e. The minimum absolute atomic E-state index is 0.111. The lowest BCUT2D eigenvalue weighted by Crippen LogP contribution is -2.38. The van der Waals surface area contributed by atoms with Crippen LogP contribution >= 0.6 is 0 Å². The summed E-state index contributed by atoms with van der Waals surface area (Å²) in [6.45, 7) is 6.70. The normalized spacial score (nSPS) is 15.6. The van der Waals surface area contributed by atoms with E-state index < -0.39 is 0 Å². The Morgan fingerprint density at radius 3 is 2.62 bits per heavy atom. The van der Waals surface area contributed by atoms with Crippen LogP contribution in [0.4, 0.5) is 0 Å². The van der Waals surface area contributed by atoms with Gasteiger partial charge in [0.05, 0.1) is 0 Å². The fourth-order valence-electron chi connectivity index (χ4n) is 2.34. The second kappa shape index (κ2) is 4.06. The van der Waals surface area contributed by atoms with Crippen LogP contribution in [0.2, 0.25) is 0 Å². The van der Waals surface area contributed by atoms with E-state index in [2.05, 4.69) is 50.4 Å². The molecule has 2 rings (SSSR count). The summed E-state index contributed by atoms with van der Waals surface area (Å²) < 4.78 is 0. The molecule has 0 unspecified atom stereocenters. The second-order valence-electron chi connectivity index (χ2n) is 5.19. The minimum Gasteiger partial charge on any atom is -0.311 e. The van der Waals surface area contributed by atoms with Crippen molar-refractivity contribution in [3.8, 4) is 0 Å². The molecule has 0 amide bonds. The van der Waals surface area contributed by atoms with Gasteiger partial charge in [-0.15, -0.1) is 0 Å². The molecule has 0 spiro atoms. The highest BCUT2D eigenvalue weighted by atomic mass is 14.9. The number of fused-ring (bicyclic) bond motifs is 1. The largest absolute Gasteiger partial charge is 0.311 e. The molecule has 0 radical (unpaired) electrons. The average Bonchev–Trinajstić information content (AvgIpc) is 2.29. The highest BCUT2D eigenvalue weighted by Crippen LogP contribution is 2.31. The number of hydrogen-bond donors (Lipinski definition) is 1. The zero-order chi connectivity index (χ0) is 11.8. The van der Waals surface area contributed by atoms with Crippen LogP contribution in [-0.2, 0) is 6.42 Å². The van der Waals surface area contributed by atoms with Crippen LogP contribution in [-0.4, -0.2) is 12.6 Å². The predicted molar refractivity (Wildman–Crippen MR) is 70.6 cm³/mol. The predicted octanol–water partition coefficient (Wildman–Crippen LogP) is 3.32. The van der Waals surface area contributed by atoms with Crippen molar-refractivity contribution in [1.29, 1.82) is 0 Å². The number of hydrogen-bond acceptors (Lipinski definition) is 1. The number of rotatable bonds is 2. The van der Waals surface area contributed by atoms with Gasteiger partial charge in [0.1, 0.15) is 0 Å². The zero-order valence-corrected chi connectivity index (χ0v) is 10.7. The van der Waals surface area contributed by atoms with Crippen molar-refractivity contribution < 1.29 is 0 Å². The molecule has 86 valence electrons. The maximum absolute atomic E-state index is 3.39. The van der Waals surface area contributed by atoms with E-state index in [-0.39, 0.29) is 5.54 Å². The molecule has 0 heterocycles. The smallest absolute Gasteiger partial charge is 0.0337 e. The first-order chi connectivity index (χ1) is 7.54. The molecule has 0 saturated carbocycles. The summed E-state index contributed by atoms with van der Waals surface area (Å²) in [6.07, 6.45) is 4.73. The molecule has 0 fully saturated rings. The second-order valence-corrected chi connectivity index (χ2v) is 5.19. The molecule has 0 aliphatic heterocycles. The Morgan fingerprint density at radius 1 is 1.19 bits per heavy atom. The molecule has 1 aliphatic rings. The van der Waals surface area contributed by atoms with Crippen molar-refractivity contribution >= 4 is 6.08 Å². The Morgan fingerprint density at radius 2 is 1.94 bits per heavy atom. The van der Waals surface area contributed by atoms with Crippen LogP contribution in [0.3, 0.4) is 0 Å². The van der Waals surface area contributed by atoms with Gasteiger partial charge in [0, 0.05) is 5.54 Å². The summed E-state index contributed by atoms with van der Waals surface area (Å²) in [5.41, 5.74) is 5.95. The van der Waals surface area contributed by atoms with Crippen LogP contribution < -0.4 is 5.32 Å². The van der Waals surface area contributed by atoms with E-state index in [1.807, 2.05) is 7.05 Å². The molecule has 1 nitrogen and oxygen atoms in total. The van der Waals surface area contributed by atoms with Crippen molar-refractivity contribution in [3.05, 3.63) is 40.5 Å². The summed E-state index contributed by atoms with van der Waals surface area (Å²) in [5.74, 6) is 0. The van der Waals surface area contributed by atoms with Crippen LogP contribution in [0.1, 0.15) is 37.0 Å². The molecule has 0 bridgehead atoms. The van der Waals surface area contributed by atoms with E-state index in [0.29, 0.717) is 0 Å². The number of nitrogens with one attached hydrogen (secondary N) is 1. The fraction of sp³-hybridized carbons (Fsp3) is 0.467. The summed E-state index contributed by atoms with van der Waals surface area (Å²) in [5, 5.41) is 3.39. The van der Waals surface area contributed by atoms with E-state index in [4.69, 9.17) is 0 Å². The molecule has 1 aromatic rings. The summed E-state index contributed by atoms with van der Waals surface area (Å²) in [7, 11) is 2.04. The lowest BCUT2D eigenvalue weighted by molar-refractivity contribution is 0.481. The third-order valence-electron chi connectivity index (χ3n) is 3.82. The Kier molecular flexibility index (Phi) is 2.90. The third kappa shape index (κ3) is 1.92. The quantitative estimate of drug-likeness (QED) is 0.798. The zero-order valence-electron chi connectivity index (χ0n) is 10.7. The summed E-state index contributed by atoms with van der Waals surface area (Å²) in [6, 6.07) is 6.61. The Hall–Kier alpha value is -1.08.